The number of nitrogens with zero attached hydrogens (tertiary/aromatic N) is 1. The summed E-state index contributed by atoms with van der Waals surface area (Å²) in [6, 6.07) is 7.70. The highest BCUT2D eigenvalue weighted by Crippen LogP contribution is 2.54. The van der Waals surface area contributed by atoms with E-state index in [2.05, 4.69) is 9.72 Å². The van der Waals surface area contributed by atoms with Gasteiger partial charge < -0.3 is 4.74 Å². The zero-order valence-electron chi connectivity index (χ0n) is 10.00. The number of carbonyl (C=O) groups is 1. The van der Waals surface area contributed by atoms with Crippen LogP contribution in [0.15, 0.2) is 35.8 Å². The summed E-state index contributed by atoms with van der Waals surface area (Å²) in [5.41, 5.74) is 1.88. The summed E-state index contributed by atoms with van der Waals surface area (Å²) in [5, 5.41) is 3.24. The lowest BCUT2D eigenvalue weighted by molar-refractivity contribution is 0.0600. The molecule has 3 rings (SSSR count). The first-order valence-corrected chi connectivity index (χ1v) is 6.75. The van der Waals surface area contributed by atoms with E-state index in [-0.39, 0.29) is 5.97 Å². The summed E-state index contributed by atoms with van der Waals surface area (Å²) >= 11 is 1.72. The van der Waals surface area contributed by atoms with E-state index in [4.69, 9.17) is 0 Å². The number of ether oxygens (including phenoxy) is 1. The molecule has 3 nitrogen and oxygen atoms in total. The van der Waals surface area contributed by atoms with Gasteiger partial charge in [0.05, 0.1) is 17.7 Å². The number of hydrogen-bond acceptors (Lipinski definition) is 4. The average molecular weight is 259 g/mol. The SMILES string of the molecule is COC(=O)c1ccc(C2CC2c2nccs2)cc1. The molecule has 0 amide bonds. The maximum absolute atomic E-state index is 11.3. The van der Waals surface area contributed by atoms with Gasteiger partial charge in [-0.15, -0.1) is 11.3 Å². The van der Waals surface area contributed by atoms with Crippen molar-refractivity contribution in [3.05, 3.63) is 52.0 Å². The Morgan fingerprint density at radius 1 is 1.33 bits per heavy atom. The van der Waals surface area contributed by atoms with Crippen LogP contribution in [0.3, 0.4) is 0 Å². The molecule has 2 unspecified atom stereocenters. The maximum atomic E-state index is 11.3. The Bertz CT molecular complexity index is 548. The van der Waals surface area contributed by atoms with Crippen LogP contribution in [0, 0.1) is 0 Å². The summed E-state index contributed by atoms with van der Waals surface area (Å²) in [6.45, 7) is 0. The molecule has 1 saturated carbocycles. The highest BCUT2D eigenvalue weighted by molar-refractivity contribution is 7.09. The smallest absolute Gasteiger partial charge is 0.337 e. The highest BCUT2D eigenvalue weighted by Gasteiger charge is 2.41. The van der Waals surface area contributed by atoms with Crippen LogP contribution in [0.1, 0.15) is 39.2 Å². The lowest BCUT2D eigenvalue weighted by atomic mass is 10.1. The maximum Gasteiger partial charge on any atom is 0.337 e. The Morgan fingerprint density at radius 2 is 2.11 bits per heavy atom. The third-order valence-corrected chi connectivity index (χ3v) is 4.23. The second-order valence-electron chi connectivity index (χ2n) is 4.43. The minimum absolute atomic E-state index is 0.283. The van der Waals surface area contributed by atoms with Crippen molar-refractivity contribution in [3.63, 3.8) is 0 Å². The highest BCUT2D eigenvalue weighted by atomic mass is 32.1. The zero-order chi connectivity index (χ0) is 12.5. The van der Waals surface area contributed by atoms with E-state index in [0.717, 1.165) is 6.42 Å². The molecule has 1 aliphatic rings. The summed E-state index contributed by atoms with van der Waals surface area (Å²) in [4.78, 5) is 15.7. The first kappa shape index (κ1) is 11.4. The summed E-state index contributed by atoms with van der Waals surface area (Å²) in [7, 11) is 1.40. The number of thiazole rings is 1. The van der Waals surface area contributed by atoms with Gasteiger partial charge in [-0.2, -0.15) is 0 Å². The number of methoxy groups -OCH3 is 1. The van der Waals surface area contributed by atoms with Crippen molar-refractivity contribution in [2.24, 2.45) is 0 Å². The number of hydrogen-bond donors (Lipinski definition) is 0. The topological polar surface area (TPSA) is 39.2 Å². The fraction of sp³-hybridized carbons (Fsp3) is 0.286. The zero-order valence-corrected chi connectivity index (χ0v) is 10.8. The van der Waals surface area contributed by atoms with Crippen molar-refractivity contribution in [2.45, 2.75) is 18.3 Å². The summed E-state index contributed by atoms with van der Waals surface area (Å²) in [5.74, 6) is 0.839. The van der Waals surface area contributed by atoms with Crippen molar-refractivity contribution in [1.29, 1.82) is 0 Å². The Hall–Kier alpha value is -1.68. The standard InChI is InChI=1S/C14H13NO2S/c1-17-14(16)10-4-2-9(3-5-10)11-8-12(11)13-15-6-7-18-13/h2-7,11-12H,8H2,1H3. The molecule has 0 N–H and O–H groups in total. The van der Waals surface area contributed by atoms with Crippen molar-refractivity contribution in [3.8, 4) is 0 Å². The fourth-order valence-electron chi connectivity index (χ4n) is 2.24. The first-order chi connectivity index (χ1) is 8.79. The second-order valence-corrected chi connectivity index (χ2v) is 5.36. The van der Waals surface area contributed by atoms with Gasteiger partial charge in [-0.05, 0) is 30.0 Å². The minimum Gasteiger partial charge on any atom is -0.465 e. The molecule has 0 radical (unpaired) electrons. The number of carbonyl (C=O) groups excluding carboxylic acids is 1. The van der Waals surface area contributed by atoms with Gasteiger partial charge in [0.2, 0.25) is 0 Å². The molecule has 1 aromatic carbocycles. The van der Waals surface area contributed by atoms with Crippen molar-refractivity contribution >= 4 is 17.3 Å². The van der Waals surface area contributed by atoms with Gasteiger partial charge in [-0.1, -0.05) is 12.1 Å². The Labute approximate surface area is 109 Å². The van der Waals surface area contributed by atoms with Gasteiger partial charge >= 0.3 is 5.97 Å². The summed E-state index contributed by atoms with van der Waals surface area (Å²) < 4.78 is 4.68. The molecular formula is C14H13NO2S. The number of benzene rings is 1. The van der Waals surface area contributed by atoms with Crippen LogP contribution in [0.5, 0.6) is 0 Å². The molecule has 0 aliphatic heterocycles. The van der Waals surface area contributed by atoms with E-state index in [1.807, 2.05) is 35.8 Å². The van der Waals surface area contributed by atoms with Crippen LogP contribution < -0.4 is 0 Å². The van der Waals surface area contributed by atoms with E-state index >= 15 is 0 Å². The molecule has 0 saturated heterocycles. The molecule has 1 aliphatic carbocycles. The van der Waals surface area contributed by atoms with E-state index in [1.54, 1.807) is 11.3 Å². The van der Waals surface area contributed by atoms with E-state index in [1.165, 1.54) is 17.7 Å². The Morgan fingerprint density at radius 3 is 2.72 bits per heavy atom. The quantitative estimate of drug-likeness (QED) is 0.795. The Kier molecular flexibility index (Phi) is 2.88. The van der Waals surface area contributed by atoms with Crippen molar-refractivity contribution in [2.75, 3.05) is 7.11 Å². The fourth-order valence-corrected chi connectivity index (χ4v) is 3.06. The molecule has 92 valence electrons. The van der Waals surface area contributed by atoms with E-state index in [9.17, 15) is 4.79 Å². The van der Waals surface area contributed by atoms with Crippen LogP contribution >= 0.6 is 11.3 Å². The van der Waals surface area contributed by atoms with Crippen LogP contribution in [0.2, 0.25) is 0 Å². The molecule has 1 aromatic heterocycles. The second kappa shape index (κ2) is 4.53. The van der Waals surface area contributed by atoms with Crippen molar-refractivity contribution < 1.29 is 9.53 Å². The molecular weight excluding hydrogens is 246 g/mol. The van der Waals surface area contributed by atoms with Gasteiger partial charge in [0.15, 0.2) is 0 Å². The predicted octanol–water partition coefficient (Wildman–Crippen LogP) is 3.20. The third-order valence-electron chi connectivity index (χ3n) is 3.32. The van der Waals surface area contributed by atoms with Crippen LogP contribution in [-0.4, -0.2) is 18.1 Å². The lowest BCUT2D eigenvalue weighted by Crippen LogP contribution is -2.00. The molecule has 1 fully saturated rings. The first-order valence-electron chi connectivity index (χ1n) is 5.87. The largest absolute Gasteiger partial charge is 0.465 e. The molecule has 0 spiro atoms. The monoisotopic (exact) mass is 259 g/mol. The predicted molar refractivity (Wildman–Crippen MR) is 70.0 cm³/mol. The molecule has 2 atom stereocenters. The van der Waals surface area contributed by atoms with Crippen molar-refractivity contribution in [1.82, 2.24) is 4.98 Å². The van der Waals surface area contributed by atoms with Crippen LogP contribution in [0.25, 0.3) is 0 Å². The summed E-state index contributed by atoms with van der Waals surface area (Å²) in [6.07, 6.45) is 3.01. The third kappa shape index (κ3) is 2.04. The average Bonchev–Trinajstić information content (AvgIpc) is 3.03. The molecule has 18 heavy (non-hydrogen) atoms. The number of esters is 1. The number of rotatable bonds is 3. The number of aromatic nitrogens is 1. The lowest BCUT2D eigenvalue weighted by Gasteiger charge is -2.02. The van der Waals surface area contributed by atoms with Gasteiger partial charge in [-0.3, -0.25) is 0 Å². The van der Waals surface area contributed by atoms with Gasteiger partial charge in [0.25, 0.3) is 0 Å². The van der Waals surface area contributed by atoms with Gasteiger partial charge in [0, 0.05) is 17.5 Å². The Balaban J connectivity index is 1.74. The molecule has 0 bridgehead atoms. The van der Waals surface area contributed by atoms with Gasteiger partial charge in [-0.25, -0.2) is 9.78 Å². The van der Waals surface area contributed by atoms with E-state index in [0.29, 0.717) is 17.4 Å². The molecule has 1 heterocycles. The van der Waals surface area contributed by atoms with E-state index < -0.39 is 0 Å². The molecule has 2 aromatic rings. The van der Waals surface area contributed by atoms with Crippen LogP contribution in [-0.2, 0) is 4.74 Å². The molecule has 4 heteroatoms. The van der Waals surface area contributed by atoms with Crippen LogP contribution in [0.4, 0.5) is 0 Å². The van der Waals surface area contributed by atoms with Gasteiger partial charge in [0.1, 0.15) is 0 Å². The minimum atomic E-state index is -0.283. The normalized spacial score (nSPS) is 21.6.